The molecule has 0 saturated carbocycles. The van der Waals surface area contributed by atoms with Crippen LogP contribution in [0, 0.1) is 0 Å². The molecule has 0 spiro atoms. The summed E-state index contributed by atoms with van der Waals surface area (Å²) in [5.41, 5.74) is 3.02. The Hall–Kier alpha value is -1.07. The minimum absolute atomic E-state index is 0.293. The van der Waals surface area contributed by atoms with Crippen LogP contribution < -0.4 is 5.32 Å². The number of aromatic nitrogens is 1. The van der Waals surface area contributed by atoms with E-state index in [1.54, 1.807) is 0 Å². The maximum Gasteiger partial charge on any atom is 0.250 e. The van der Waals surface area contributed by atoms with Crippen LogP contribution in [0.15, 0.2) is 12.1 Å². The molecule has 1 aliphatic heterocycles. The van der Waals surface area contributed by atoms with Gasteiger partial charge < -0.3 is 10.1 Å². The van der Waals surface area contributed by atoms with Gasteiger partial charge in [0.05, 0.1) is 18.8 Å². The van der Waals surface area contributed by atoms with Gasteiger partial charge >= 0.3 is 0 Å². The lowest BCUT2D eigenvalue weighted by molar-refractivity contribution is 0.145. The lowest BCUT2D eigenvalue weighted by Crippen LogP contribution is -2.23. The van der Waals surface area contributed by atoms with E-state index >= 15 is 0 Å². The van der Waals surface area contributed by atoms with Crippen LogP contribution in [-0.4, -0.2) is 31.2 Å². The van der Waals surface area contributed by atoms with Crippen LogP contribution in [0.4, 0.5) is 8.78 Å². The Kier molecular flexibility index (Phi) is 5.22. The van der Waals surface area contributed by atoms with Crippen LogP contribution in [0.1, 0.15) is 36.2 Å². The van der Waals surface area contributed by atoms with E-state index in [9.17, 15) is 8.78 Å². The molecule has 1 aromatic rings. The normalized spacial score (nSPS) is 19.3. The van der Waals surface area contributed by atoms with Crippen molar-refractivity contribution in [2.75, 3.05) is 19.8 Å². The van der Waals surface area contributed by atoms with Crippen LogP contribution in [-0.2, 0) is 17.7 Å². The Morgan fingerprint density at radius 1 is 1.47 bits per heavy atom. The summed E-state index contributed by atoms with van der Waals surface area (Å²) in [5, 5.41) is 2.76. The van der Waals surface area contributed by atoms with E-state index < -0.39 is 6.43 Å². The molecule has 0 bridgehead atoms. The number of pyridine rings is 1. The molecule has 1 fully saturated rings. The van der Waals surface area contributed by atoms with Crippen LogP contribution >= 0.6 is 0 Å². The average molecular weight is 270 g/mol. The fourth-order valence-corrected chi connectivity index (χ4v) is 2.35. The topological polar surface area (TPSA) is 34.1 Å². The molecule has 0 radical (unpaired) electrons. The first-order valence-electron chi connectivity index (χ1n) is 6.76. The zero-order chi connectivity index (χ0) is 13.7. The summed E-state index contributed by atoms with van der Waals surface area (Å²) in [5.74, 6) is 0.349. The molecule has 2 rings (SSSR count). The molecule has 1 aliphatic rings. The highest BCUT2D eigenvalue weighted by Crippen LogP contribution is 2.27. The number of rotatable bonds is 6. The summed E-state index contributed by atoms with van der Waals surface area (Å²) in [6, 6.07) is 4.09. The molecule has 106 valence electrons. The first kappa shape index (κ1) is 14.3. The summed E-state index contributed by atoms with van der Waals surface area (Å²) in [7, 11) is 0. The predicted octanol–water partition coefficient (Wildman–Crippen LogP) is 2.50. The fourth-order valence-electron chi connectivity index (χ4n) is 2.35. The zero-order valence-corrected chi connectivity index (χ0v) is 11.2. The maximum atomic E-state index is 12.2. The zero-order valence-electron chi connectivity index (χ0n) is 11.2. The van der Waals surface area contributed by atoms with Crippen molar-refractivity contribution < 1.29 is 13.5 Å². The van der Waals surface area contributed by atoms with Gasteiger partial charge in [0, 0.05) is 24.8 Å². The van der Waals surface area contributed by atoms with Gasteiger partial charge in [-0.15, -0.1) is 0 Å². The Bertz CT molecular complexity index is 406. The summed E-state index contributed by atoms with van der Waals surface area (Å²) in [6.07, 6.45) is -0.495. The van der Waals surface area contributed by atoms with Gasteiger partial charge in [0.15, 0.2) is 0 Å². The number of alkyl halides is 2. The molecule has 19 heavy (non-hydrogen) atoms. The van der Waals surface area contributed by atoms with Crippen molar-refractivity contribution in [3.8, 4) is 0 Å². The van der Waals surface area contributed by atoms with E-state index in [-0.39, 0.29) is 6.54 Å². The highest BCUT2D eigenvalue weighted by atomic mass is 19.3. The molecule has 2 heterocycles. The number of nitrogens with one attached hydrogen (secondary N) is 1. The minimum Gasteiger partial charge on any atom is -0.381 e. The second-order valence-corrected chi connectivity index (χ2v) is 4.77. The molecule has 0 aromatic carbocycles. The lowest BCUT2D eigenvalue weighted by Gasteiger charge is -2.15. The van der Waals surface area contributed by atoms with Gasteiger partial charge in [-0.05, 0) is 24.5 Å². The first-order valence-corrected chi connectivity index (χ1v) is 6.76. The average Bonchev–Trinajstić information content (AvgIpc) is 2.92. The summed E-state index contributed by atoms with van der Waals surface area (Å²) in [4.78, 5) is 4.57. The van der Waals surface area contributed by atoms with Crippen molar-refractivity contribution in [1.82, 2.24) is 10.3 Å². The smallest absolute Gasteiger partial charge is 0.250 e. The van der Waals surface area contributed by atoms with Gasteiger partial charge in [0.2, 0.25) is 0 Å². The maximum absolute atomic E-state index is 12.2. The SMILES string of the molecule is CCc1ccc(C2CCOC2)c(CNCC(F)F)n1. The molecule has 5 heteroatoms. The van der Waals surface area contributed by atoms with E-state index in [4.69, 9.17) is 4.74 Å². The quantitative estimate of drug-likeness (QED) is 0.862. The minimum atomic E-state index is -2.33. The van der Waals surface area contributed by atoms with Crippen molar-refractivity contribution in [1.29, 1.82) is 0 Å². The Balaban J connectivity index is 2.11. The number of hydrogen-bond acceptors (Lipinski definition) is 3. The Morgan fingerprint density at radius 3 is 2.95 bits per heavy atom. The number of ether oxygens (including phenoxy) is 1. The van der Waals surface area contributed by atoms with Gasteiger partial charge in [-0.3, -0.25) is 4.98 Å². The lowest BCUT2D eigenvalue weighted by atomic mass is 9.96. The van der Waals surface area contributed by atoms with Crippen molar-refractivity contribution >= 4 is 0 Å². The molecule has 1 aromatic heterocycles. The van der Waals surface area contributed by atoms with Crippen LogP contribution in [0.2, 0.25) is 0 Å². The number of aryl methyl sites for hydroxylation is 1. The second kappa shape index (κ2) is 6.91. The third kappa shape index (κ3) is 3.94. The third-order valence-corrected chi connectivity index (χ3v) is 3.39. The monoisotopic (exact) mass is 270 g/mol. The van der Waals surface area contributed by atoms with Crippen molar-refractivity contribution in [2.45, 2.75) is 38.7 Å². The Morgan fingerprint density at radius 2 is 2.32 bits per heavy atom. The standard InChI is InChI=1S/C14H20F2N2O/c1-2-11-3-4-12(10-5-6-19-9-10)13(18-11)7-17-8-14(15)16/h3-4,10,14,17H,2,5-9H2,1H3. The highest BCUT2D eigenvalue weighted by molar-refractivity contribution is 5.27. The number of hydrogen-bond donors (Lipinski definition) is 1. The predicted molar refractivity (Wildman–Crippen MR) is 69.5 cm³/mol. The summed E-state index contributed by atoms with van der Waals surface area (Å²) in [6.45, 7) is 3.61. The molecule has 1 N–H and O–H groups in total. The number of nitrogens with zero attached hydrogens (tertiary/aromatic N) is 1. The molecule has 3 nitrogen and oxygen atoms in total. The summed E-state index contributed by atoms with van der Waals surface area (Å²) >= 11 is 0. The van der Waals surface area contributed by atoms with Gasteiger partial charge in [0.1, 0.15) is 0 Å². The second-order valence-electron chi connectivity index (χ2n) is 4.77. The van der Waals surface area contributed by atoms with Gasteiger partial charge in [-0.1, -0.05) is 13.0 Å². The third-order valence-electron chi connectivity index (χ3n) is 3.39. The van der Waals surface area contributed by atoms with Gasteiger partial charge in [0.25, 0.3) is 6.43 Å². The molecule has 1 unspecified atom stereocenters. The first-order chi connectivity index (χ1) is 9.20. The number of halogens is 2. The highest BCUT2D eigenvalue weighted by Gasteiger charge is 2.21. The van der Waals surface area contributed by atoms with Crippen LogP contribution in [0.3, 0.4) is 0 Å². The van der Waals surface area contributed by atoms with E-state index in [0.717, 1.165) is 36.4 Å². The van der Waals surface area contributed by atoms with Gasteiger partial charge in [-0.25, -0.2) is 8.78 Å². The molecule has 1 atom stereocenters. The van der Waals surface area contributed by atoms with Crippen molar-refractivity contribution in [2.24, 2.45) is 0 Å². The molecule has 0 amide bonds. The van der Waals surface area contributed by atoms with Gasteiger partial charge in [-0.2, -0.15) is 0 Å². The Labute approximate surface area is 112 Å². The molecule has 1 saturated heterocycles. The van der Waals surface area contributed by atoms with Crippen LogP contribution in [0.25, 0.3) is 0 Å². The molecular formula is C14H20F2N2O. The fraction of sp³-hybridized carbons (Fsp3) is 0.643. The van der Waals surface area contributed by atoms with E-state index in [0.29, 0.717) is 19.1 Å². The largest absolute Gasteiger partial charge is 0.381 e. The van der Waals surface area contributed by atoms with Crippen molar-refractivity contribution in [3.63, 3.8) is 0 Å². The van der Waals surface area contributed by atoms with E-state index in [2.05, 4.69) is 16.4 Å². The molecular weight excluding hydrogens is 250 g/mol. The van der Waals surface area contributed by atoms with E-state index in [1.165, 1.54) is 0 Å². The van der Waals surface area contributed by atoms with Crippen molar-refractivity contribution in [3.05, 3.63) is 29.1 Å². The molecule has 0 aliphatic carbocycles. The van der Waals surface area contributed by atoms with E-state index in [1.807, 2.05) is 13.0 Å². The summed E-state index contributed by atoms with van der Waals surface area (Å²) < 4.78 is 29.8. The van der Waals surface area contributed by atoms with Crippen LogP contribution in [0.5, 0.6) is 0 Å².